The molecule has 0 amide bonds. The zero-order chi connectivity index (χ0) is 13.5. The predicted molar refractivity (Wildman–Crippen MR) is 75.4 cm³/mol. The molecular formula is C13H9ClN2O2S. The maximum Gasteiger partial charge on any atom is 0.192 e. The van der Waals surface area contributed by atoms with Gasteiger partial charge in [0.05, 0.1) is 10.6 Å². The van der Waals surface area contributed by atoms with Crippen molar-refractivity contribution < 1.29 is 8.42 Å². The Morgan fingerprint density at radius 2 is 1.89 bits per heavy atom. The average Bonchev–Trinajstić information content (AvgIpc) is 2.79. The van der Waals surface area contributed by atoms with Crippen LogP contribution in [0.1, 0.15) is 0 Å². The fourth-order valence-electron chi connectivity index (χ4n) is 2.00. The van der Waals surface area contributed by atoms with Gasteiger partial charge in [-0.3, -0.25) is 4.99 Å². The van der Waals surface area contributed by atoms with Gasteiger partial charge in [-0.2, -0.15) is 0 Å². The minimum atomic E-state index is -3.55. The molecule has 6 heteroatoms. The third kappa shape index (κ3) is 2.05. The molecule has 2 aliphatic rings. The van der Waals surface area contributed by atoms with Gasteiger partial charge in [-0.1, -0.05) is 29.8 Å². The van der Waals surface area contributed by atoms with Crippen molar-refractivity contribution in [2.75, 3.05) is 0 Å². The Kier molecular flexibility index (Phi) is 2.88. The Morgan fingerprint density at radius 1 is 1.16 bits per heavy atom. The maximum atomic E-state index is 12.6. The molecule has 0 bridgehead atoms. The highest BCUT2D eigenvalue weighted by molar-refractivity contribution is 7.93. The van der Waals surface area contributed by atoms with E-state index in [1.54, 1.807) is 42.6 Å². The summed E-state index contributed by atoms with van der Waals surface area (Å²) < 4.78 is 25.1. The molecular weight excluding hydrogens is 284 g/mol. The topological polar surface area (TPSA) is 58.9 Å². The van der Waals surface area contributed by atoms with Crippen LogP contribution in [-0.4, -0.2) is 25.6 Å². The summed E-state index contributed by atoms with van der Waals surface area (Å²) in [4.78, 5) is 8.31. The lowest BCUT2D eigenvalue weighted by Gasteiger charge is -2.16. The largest absolute Gasteiger partial charge is 0.267 e. The number of halogens is 1. The van der Waals surface area contributed by atoms with Crippen molar-refractivity contribution in [1.82, 2.24) is 0 Å². The van der Waals surface area contributed by atoms with Crippen molar-refractivity contribution in [3.63, 3.8) is 0 Å². The number of aliphatic imine (C=N–C) groups is 2. The lowest BCUT2D eigenvalue weighted by molar-refractivity contribution is 0.597. The first-order valence-corrected chi connectivity index (χ1v) is 7.50. The summed E-state index contributed by atoms with van der Waals surface area (Å²) in [5, 5.41) is -0.609. The monoisotopic (exact) mass is 292 g/mol. The summed E-state index contributed by atoms with van der Waals surface area (Å²) >= 11 is 5.83. The quantitative estimate of drug-likeness (QED) is 0.786. The summed E-state index contributed by atoms with van der Waals surface area (Å²) in [5.41, 5.74) is 1.08. The molecule has 1 atom stereocenters. The molecule has 4 nitrogen and oxygen atoms in total. The standard InChI is InChI=1S/C13H9ClN2O2S/c14-12-6-9-7-15-8-11(13(9)16-12)19(17,18)10-4-2-1-3-5-10/h1-8,11H. The van der Waals surface area contributed by atoms with Crippen LogP contribution in [-0.2, 0) is 9.84 Å². The predicted octanol–water partition coefficient (Wildman–Crippen LogP) is 2.33. The van der Waals surface area contributed by atoms with Gasteiger partial charge in [0.2, 0.25) is 0 Å². The minimum Gasteiger partial charge on any atom is -0.267 e. The molecule has 0 fully saturated rings. The molecule has 1 aromatic rings. The van der Waals surface area contributed by atoms with E-state index in [9.17, 15) is 8.42 Å². The van der Waals surface area contributed by atoms with Crippen molar-refractivity contribution in [3.05, 3.63) is 53.3 Å². The van der Waals surface area contributed by atoms with Gasteiger partial charge in [0.15, 0.2) is 9.84 Å². The first-order chi connectivity index (χ1) is 9.09. The van der Waals surface area contributed by atoms with E-state index in [4.69, 9.17) is 11.6 Å². The lowest BCUT2D eigenvalue weighted by Crippen LogP contribution is -2.33. The molecule has 2 aliphatic heterocycles. The highest BCUT2D eigenvalue weighted by Crippen LogP contribution is 2.28. The van der Waals surface area contributed by atoms with Gasteiger partial charge < -0.3 is 0 Å². The van der Waals surface area contributed by atoms with Crippen molar-refractivity contribution >= 4 is 33.4 Å². The van der Waals surface area contributed by atoms with Crippen LogP contribution in [0.3, 0.4) is 0 Å². The van der Waals surface area contributed by atoms with Crippen molar-refractivity contribution in [2.24, 2.45) is 9.98 Å². The van der Waals surface area contributed by atoms with Crippen LogP contribution in [0.2, 0.25) is 0 Å². The zero-order valence-corrected chi connectivity index (χ0v) is 11.3. The number of hydrogen-bond acceptors (Lipinski definition) is 4. The summed E-state index contributed by atoms with van der Waals surface area (Å²) in [6.45, 7) is 0. The third-order valence-corrected chi connectivity index (χ3v) is 5.04. The van der Waals surface area contributed by atoms with Gasteiger partial charge in [-0.05, 0) is 18.2 Å². The van der Waals surface area contributed by atoms with Crippen LogP contribution >= 0.6 is 11.6 Å². The molecule has 96 valence electrons. The highest BCUT2D eigenvalue weighted by atomic mass is 35.5. The molecule has 0 aliphatic carbocycles. The van der Waals surface area contributed by atoms with Crippen LogP contribution in [0.15, 0.2) is 68.2 Å². The SMILES string of the molecule is O=S(=O)(c1ccccc1)C1C=NC=C2C=C(Cl)N=C21. The number of hydrogen-bond donors (Lipinski definition) is 0. The molecule has 0 aromatic heterocycles. The van der Waals surface area contributed by atoms with Crippen LogP contribution in [0.5, 0.6) is 0 Å². The summed E-state index contributed by atoms with van der Waals surface area (Å²) in [5.74, 6) is 0. The zero-order valence-electron chi connectivity index (χ0n) is 9.69. The second kappa shape index (κ2) is 4.43. The molecule has 0 radical (unpaired) electrons. The van der Waals surface area contributed by atoms with Crippen LogP contribution in [0.25, 0.3) is 0 Å². The van der Waals surface area contributed by atoms with Crippen LogP contribution in [0.4, 0.5) is 0 Å². The Hall–Kier alpha value is -1.72. The average molecular weight is 293 g/mol. The number of sulfone groups is 1. The summed E-state index contributed by atoms with van der Waals surface area (Å²) in [6, 6.07) is 8.26. The normalized spacial score (nSPS) is 21.5. The Balaban J connectivity index is 2.07. The summed E-state index contributed by atoms with van der Waals surface area (Å²) in [6.07, 6.45) is 4.56. The molecule has 2 heterocycles. The fourth-order valence-corrected chi connectivity index (χ4v) is 3.75. The van der Waals surface area contributed by atoms with Crippen molar-refractivity contribution in [3.8, 4) is 0 Å². The Labute approximate surface area is 115 Å². The van der Waals surface area contributed by atoms with E-state index in [0.717, 1.165) is 0 Å². The first-order valence-electron chi connectivity index (χ1n) is 5.57. The smallest absolute Gasteiger partial charge is 0.192 e. The van der Waals surface area contributed by atoms with Crippen molar-refractivity contribution in [1.29, 1.82) is 0 Å². The van der Waals surface area contributed by atoms with Gasteiger partial charge in [-0.25, -0.2) is 13.4 Å². The van der Waals surface area contributed by atoms with Crippen LogP contribution in [0, 0.1) is 0 Å². The first kappa shape index (κ1) is 12.3. The Morgan fingerprint density at radius 3 is 2.63 bits per heavy atom. The summed E-state index contributed by atoms with van der Waals surface area (Å²) in [7, 11) is -3.55. The van der Waals surface area contributed by atoms with E-state index in [-0.39, 0.29) is 10.1 Å². The number of nitrogens with zero attached hydrogens (tertiary/aromatic N) is 2. The number of fused-ring (bicyclic) bond motifs is 1. The maximum absolute atomic E-state index is 12.6. The number of allylic oxidation sites excluding steroid dienone is 2. The fraction of sp³-hybridized carbons (Fsp3) is 0.0769. The second-order valence-electron chi connectivity index (χ2n) is 4.13. The molecule has 0 saturated heterocycles. The highest BCUT2D eigenvalue weighted by Gasteiger charge is 2.35. The lowest BCUT2D eigenvalue weighted by atomic mass is 10.1. The molecule has 0 saturated carbocycles. The number of rotatable bonds is 2. The number of benzene rings is 1. The van der Waals surface area contributed by atoms with E-state index in [0.29, 0.717) is 11.3 Å². The second-order valence-corrected chi connectivity index (χ2v) is 6.58. The van der Waals surface area contributed by atoms with Gasteiger partial charge in [-0.15, -0.1) is 0 Å². The van der Waals surface area contributed by atoms with Gasteiger partial charge in [0.25, 0.3) is 0 Å². The van der Waals surface area contributed by atoms with E-state index in [1.165, 1.54) is 6.21 Å². The van der Waals surface area contributed by atoms with Gasteiger partial charge >= 0.3 is 0 Å². The Bertz CT molecular complexity index is 746. The van der Waals surface area contributed by atoms with E-state index in [1.807, 2.05) is 0 Å². The van der Waals surface area contributed by atoms with E-state index < -0.39 is 15.1 Å². The molecule has 0 N–H and O–H groups in total. The van der Waals surface area contributed by atoms with E-state index >= 15 is 0 Å². The van der Waals surface area contributed by atoms with E-state index in [2.05, 4.69) is 9.98 Å². The third-order valence-electron chi connectivity index (χ3n) is 2.91. The minimum absolute atomic E-state index is 0.249. The molecule has 0 spiro atoms. The van der Waals surface area contributed by atoms with Crippen LogP contribution < -0.4 is 0 Å². The van der Waals surface area contributed by atoms with Gasteiger partial charge in [0.1, 0.15) is 10.4 Å². The van der Waals surface area contributed by atoms with Crippen molar-refractivity contribution in [2.45, 2.75) is 10.1 Å². The van der Waals surface area contributed by atoms with Gasteiger partial charge in [0, 0.05) is 18.0 Å². The molecule has 1 aromatic carbocycles. The molecule has 1 unspecified atom stereocenters. The molecule has 3 rings (SSSR count). The molecule has 19 heavy (non-hydrogen) atoms.